The number of nitrogens with one attached hydrogen (secondary N) is 2. The van der Waals surface area contributed by atoms with E-state index in [2.05, 4.69) is 5.32 Å². The second-order valence-electron chi connectivity index (χ2n) is 4.91. The summed E-state index contributed by atoms with van der Waals surface area (Å²) >= 11 is 0. The predicted octanol–water partition coefficient (Wildman–Crippen LogP) is 0.00542. The molecule has 20 heavy (non-hydrogen) atoms. The predicted molar refractivity (Wildman–Crippen MR) is 74.7 cm³/mol. The number of carbonyl (C=O) groups is 2. The Kier molecular flexibility index (Phi) is 5.72. The number of amides is 2. The molecular formula is C13H22N4O3. The molecule has 0 saturated heterocycles. The standard InChI is InChI=1S/C13H22N4O3/c1-8-5-10(20-11(8)13(19)16-14)7-17(4)6-9(2)12(18)15-3/h5,9H,6-7,14H2,1-4H3,(H,15,18)(H,16,19). The number of hydrazine groups is 1. The molecule has 0 radical (unpaired) electrons. The first-order valence-electron chi connectivity index (χ1n) is 6.39. The molecule has 1 aromatic rings. The third-order valence-corrected chi connectivity index (χ3v) is 3.01. The molecule has 112 valence electrons. The molecule has 1 heterocycles. The van der Waals surface area contributed by atoms with Gasteiger partial charge < -0.3 is 9.73 Å². The van der Waals surface area contributed by atoms with Crippen molar-refractivity contribution in [3.63, 3.8) is 0 Å². The van der Waals surface area contributed by atoms with Crippen LogP contribution in [0.5, 0.6) is 0 Å². The first kappa shape index (κ1) is 16.2. The molecule has 2 amide bonds. The Morgan fingerprint density at radius 1 is 1.50 bits per heavy atom. The smallest absolute Gasteiger partial charge is 0.301 e. The highest BCUT2D eigenvalue weighted by molar-refractivity contribution is 5.92. The molecule has 0 aliphatic carbocycles. The Bertz CT molecular complexity index is 484. The molecule has 0 aliphatic rings. The SMILES string of the molecule is CNC(=O)C(C)CN(C)Cc1cc(C)c(C(=O)NN)o1. The van der Waals surface area contributed by atoms with Crippen molar-refractivity contribution >= 4 is 11.8 Å². The van der Waals surface area contributed by atoms with Crippen molar-refractivity contribution in [2.45, 2.75) is 20.4 Å². The second kappa shape index (κ2) is 7.06. The van der Waals surface area contributed by atoms with Gasteiger partial charge in [-0.1, -0.05) is 6.92 Å². The number of hydrogen-bond donors (Lipinski definition) is 3. The summed E-state index contributed by atoms with van der Waals surface area (Å²) < 4.78 is 5.47. The van der Waals surface area contributed by atoms with Gasteiger partial charge in [0.25, 0.3) is 0 Å². The lowest BCUT2D eigenvalue weighted by Gasteiger charge is -2.19. The van der Waals surface area contributed by atoms with E-state index in [0.29, 0.717) is 18.8 Å². The molecule has 4 N–H and O–H groups in total. The molecule has 7 nitrogen and oxygen atoms in total. The number of furan rings is 1. The van der Waals surface area contributed by atoms with Crippen LogP contribution in [0.2, 0.25) is 0 Å². The van der Waals surface area contributed by atoms with Crippen molar-refractivity contribution in [2.75, 3.05) is 20.6 Å². The second-order valence-corrected chi connectivity index (χ2v) is 4.91. The van der Waals surface area contributed by atoms with Crippen LogP contribution in [0.15, 0.2) is 10.5 Å². The van der Waals surface area contributed by atoms with Gasteiger partial charge in [0.1, 0.15) is 5.76 Å². The molecular weight excluding hydrogens is 260 g/mol. The monoisotopic (exact) mass is 282 g/mol. The van der Waals surface area contributed by atoms with E-state index in [-0.39, 0.29) is 17.6 Å². The van der Waals surface area contributed by atoms with Crippen molar-refractivity contribution in [2.24, 2.45) is 11.8 Å². The highest BCUT2D eigenvalue weighted by Crippen LogP contribution is 2.16. The van der Waals surface area contributed by atoms with Gasteiger partial charge in [0.15, 0.2) is 5.76 Å². The van der Waals surface area contributed by atoms with E-state index in [1.807, 2.05) is 24.3 Å². The third kappa shape index (κ3) is 4.07. The summed E-state index contributed by atoms with van der Waals surface area (Å²) in [7, 11) is 3.51. The number of hydrogen-bond acceptors (Lipinski definition) is 5. The van der Waals surface area contributed by atoms with E-state index >= 15 is 0 Å². The molecule has 0 fully saturated rings. The van der Waals surface area contributed by atoms with Crippen molar-refractivity contribution < 1.29 is 14.0 Å². The quantitative estimate of drug-likeness (QED) is 0.387. The third-order valence-electron chi connectivity index (χ3n) is 3.01. The van der Waals surface area contributed by atoms with Crippen molar-refractivity contribution in [3.8, 4) is 0 Å². The summed E-state index contributed by atoms with van der Waals surface area (Å²) in [5.41, 5.74) is 2.78. The maximum absolute atomic E-state index is 11.5. The lowest BCUT2D eigenvalue weighted by molar-refractivity contribution is -0.124. The van der Waals surface area contributed by atoms with Crippen LogP contribution < -0.4 is 16.6 Å². The fourth-order valence-corrected chi connectivity index (χ4v) is 2.04. The van der Waals surface area contributed by atoms with Crippen LogP contribution in [-0.2, 0) is 11.3 Å². The first-order valence-corrected chi connectivity index (χ1v) is 6.39. The van der Waals surface area contributed by atoms with Gasteiger partial charge in [0.05, 0.1) is 6.54 Å². The molecule has 1 atom stereocenters. The van der Waals surface area contributed by atoms with Crippen molar-refractivity contribution in [1.29, 1.82) is 0 Å². The first-order chi connectivity index (χ1) is 9.38. The van der Waals surface area contributed by atoms with Crippen LogP contribution in [0.1, 0.15) is 28.8 Å². The minimum Gasteiger partial charge on any atom is -0.454 e. The molecule has 0 spiro atoms. The lowest BCUT2D eigenvalue weighted by atomic mass is 10.1. The topological polar surface area (TPSA) is 101 Å². The highest BCUT2D eigenvalue weighted by Gasteiger charge is 2.17. The zero-order valence-corrected chi connectivity index (χ0v) is 12.3. The number of nitrogens with zero attached hydrogens (tertiary/aromatic N) is 1. The number of nitrogen functional groups attached to an aromatic ring is 1. The van der Waals surface area contributed by atoms with Gasteiger partial charge in [0, 0.05) is 25.1 Å². The van der Waals surface area contributed by atoms with Crippen molar-refractivity contribution in [1.82, 2.24) is 15.6 Å². The van der Waals surface area contributed by atoms with Gasteiger partial charge in [0.2, 0.25) is 5.91 Å². The normalized spacial score (nSPS) is 12.3. The number of nitrogens with two attached hydrogens (primary N) is 1. The van der Waals surface area contributed by atoms with E-state index in [9.17, 15) is 9.59 Å². The van der Waals surface area contributed by atoms with Gasteiger partial charge >= 0.3 is 5.91 Å². The molecule has 1 unspecified atom stereocenters. The van der Waals surface area contributed by atoms with Gasteiger partial charge in [-0.05, 0) is 20.0 Å². The highest BCUT2D eigenvalue weighted by atomic mass is 16.4. The molecule has 0 bridgehead atoms. The van der Waals surface area contributed by atoms with Crippen LogP contribution in [0.3, 0.4) is 0 Å². The van der Waals surface area contributed by atoms with Crippen molar-refractivity contribution in [3.05, 3.63) is 23.2 Å². The zero-order valence-electron chi connectivity index (χ0n) is 12.3. The van der Waals surface area contributed by atoms with Gasteiger partial charge in [-0.25, -0.2) is 5.84 Å². The van der Waals surface area contributed by atoms with E-state index in [1.165, 1.54) is 0 Å². The molecule has 7 heteroatoms. The summed E-state index contributed by atoms with van der Waals surface area (Å²) in [5.74, 6) is 5.39. The molecule has 1 rings (SSSR count). The summed E-state index contributed by atoms with van der Waals surface area (Å²) in [6.45, 7) is 4.75. The van der Waals surface area contributed by atoms with E-state index < -0.39 is 5.91 Å². The van der Waals surface area contributed by atoms with Crippen LogP contribution in [-0.4, -0.2) is 37.4 Å². The minimum absolute atomic E-state index is 0.00401. The summed E-state index contributed by atoms with van der Waals surface area (Å²) in [5, 5.41) is 2.61. The molecule has 0 aliphatic heterocycles. The Labute approximate surface area is 118 Å². The van der Waals surface area contributed by atoms with Crippen LogP contribution in [0.4, 0.5) is 0 Å². The Morgan fingerprint density at radius 2 is 2.15 bits per heavy atom. The van der Waals surface area contributed by atoms with E-state index in [1.54, 1.807) is 20.0 Å². The number of carbonyl (C=O) groups excluding carboxylic acids is 2. The van der Waals surface area contributed by atoms with Crippen LogP contribution in [0.25, 0.3) is 0 Å². The van der Waals surface area contributed by atoms with Gasteiger partial charge in [-0.15, -0.1) is 0 Å². The molecule has 1 aromatic heterocycles. The van der Waals surface area contributed by atoms with E-state index in [4.69, 9.17) is 10.3 Å². The maximum Gasteiger partial charge on any atom is 0.301 e. The Morgan fingerprint density at radius 3 is 2.70 bits per heavy atom. The largest absolute Gasteiger partial charge is 0.454 e. The summed E-state index contributed by atoms with van der Waals surface area (Å²) in [6.07, 6.45) is 0. The van der Waals surface area contributed by atoms with Gasteiger partial charge in [-0.3, -0.25) is 19.9 Å². The molecule has 0 aromatic carbocycles. The average molecular weight is 282 g/mol. The van der Waals surface area contributed by atoms with Crippen LogP contribution in [0, 0.1) is 12.8 Å². The summed E-state index contributed by atoms with van der Waals surface area (Å²) in [6, 6.07) is 1.80. The van der Waals surface area contributed by atoms with Crippen LogP contribution >= 0.6 is 0 Å². The number of aryl methyl sites for hydroxylation is 1. The maximum atomic E-state index is 11.5. The fourth-order valence-electron chi connectivity index (χ4n) is 2.04. The average Bonchev–Trinajstić information content (AvgIpc) is 2.77. The Hall–Kier alpha value is -1.86. The fraction of sp³-hybridized carbons (Fsp3) is 0.538. The molecule has 0 saturated carbocycles. The van der Waals surface area contributed by atoms with Gasteiger partial charge in [-0.2, -0.15) is 0 Å². The minimum atomic E-state index is -0.449. The van der Waals surface area contributed by atoms with E-state index in [0.717, 1.165) is 5.56 Å². The number of rotatable bonds is 6. The Balaban J connectivity index is 2.65. The lowest BCUT2D eigenvalue weighted by Crippen LogP contribution is -2.34. The summed E-state index contributed by atoms with van der Waals surface area (Å²) in [4.78, 5) is 24.9. The zero-order chi connectivity index (χ0) is 15.3.